The second-order valence-electron chi connectivity index (χ2n) is 8.01. The second-order valence-corrected chi connectivity index (χ2v) is 8.01. The highest BCUT2D eigenvalue weighted by atomic mass is 16.5. The fourth-order valence-corrected chi connectivity index (χ4v) is 3.79. The highest BCUT2D eigenvalue weighted by Gasteiger charge is 2.23. The van der Waals surface area contributed by atoms with Gasteiger partial charge >= 0.3 is 0 Å². The maximum Gasteiger partial charge on any atom is 0.229 e. The van der Waals surface area contributed by atoms with E-state index in [0.717, 1.165) is 54.0 Å². The van der Waals surface area contributed by atoms with E-state index in [-0.39, 0.29) is 5.75 Å². The van der Waals surface area contributed by atoms with Crippen LogP contribution in [0.3, 0.4) is 0 Å². The Bertz CT molecular complexity index is 1230. The van der Waals surface area contributed by atoms with Crippen LogP contribution in [0.25, 0.3) is 33.6 Å². The van der Waals surface area contributed by atoms with E-state index >= 15 is 0 Å². The molecule has 160 valence electrons. The lowest BCUT2D eigenvalue weighted by Crippen LogP contribution is -2.37. The molecule has 0 amide bonds. The predicted octanol–water partition coefficient (Wildman–Crippen LogP) is 3.08. The molecule has 0 unspecified atom stereocenters. The summed E-state index contributed by atoms with van der Waals surface area (Å²) in [5, 5.41) is 10.8. The van der Waals surface area contributed by atoms with Gasteiger partial charge in [-0.15, -0.1) is 0 Å². The molecule has 0 atom stereocenters. The molecule has 1 N–H and O–H groups in total. The summed E-state index contributed by atoms with van der Waals surface area (Å²) in [7, 11) is 4.10. The third-order valence-corrected chi connectivity index (χ3v) is 5.45. The first-order valence-electron chi connectivity index (χ1n) is 10.5. The standard InChI is InChI=1S/C23H25N5O3/c1-27(2)9-8-16-6-7-18-19-20(31-23(18)24-16)22(28-10-12-30-13-11-28)26-21(25-19)15-4-3-5-17(29)14-15/h3-7,14,29H,8-13H2,1-2H3. The molecular formula is C23H25N5O3. The highest BCUT2D eigenvalue weighted by molar-refractivity contribution is 6.05. The molecule has 0 radical (unpaired) electrons. The van der Waals surface area contributed by atoms with Gasteiger partial charge in [-0.25, -0.2) is 15.0 Å². The molecule has 5 rings (SSSR count). The van der Waals surface area contributed by atoms with E-state index in [9.17, 15) is 5.11 Å². The molecule has 3 aromatic heterocycles. The van der Waals surface area contributed by atoms with Gasteiger partial charge in [0.15, 0.2) is 17.2 Å². The van der Waals surface area contributed by atoms with Crippen molar-refractivity contribution in [1.82, 2.24) is 19.9 Å². The van der Waals surface area contributed by atoms with Crippen LogP contribution in [-0.2, 0) is 11.2 Å². The zero-order valence-electron chi connectivity index (χ0n) is 17.7. The van der Waals surface area contributed by atoms with Crippen molar-refractivity contribution in [2.45, 2.75) is 6.42 Å². The molecule has 0 spiro atoms. The first-order chi connectivity index (χ1) is 15.1. The van der Waals surface area contributed by atoms with Crippen LogP contribution < -0.4 is 4.90 Å². The number of phenolic OH excluding ortho intramolecular Hbond substituents is 1. The maximum absolute atomic E-state index is 9.94. The summed E-state index contributed by atoms with van der Waals surface area (Å²) >= 11 is 0. The fraction of sp³-hybridized carbons (Fsp3) is 0.348. The number of rotatable bonds is 5. The van der Waals surface area contributed by atoms with Gasteiger partial charge in [0.2, 0.25) is 5.71 Å². The molecule has 0 aliphatic carbocycles. The van der Waals surface area contributed by atoms with Gasteiger partial charge in [0.25, 0.3) is 0 Å². The summed E-state index contributed by atoms with van der Waals surface area (Å²) in [5.41, 5.74) is 3.67. The van der Waals surface area contributed by atoms with Crippen molar-refractivity contribution in [1.29, 1.82) is 0 Å². The molecule has 4 heterocycles. The predicted molar refractivity (Wildman–Crippen MR) is 119 cm³/mol. The number of nitrogens with zero attached hydrogens (tertiary/aromatic N) is 5. The zero-order chi connectivity index (χ0) is 21.4. The molecule has 1 saturated heterocycles. The minimum Gasteiger partial charge on any atom is -0.508 e. The summed E-state index contributed by atoms with van der Waals surface area (Å²) in [5.74, 6) is 1.46. The fourth-order valence-electron chi connectivity index (χ4n) is 3.79. The molecule has 4 aromatic rings. The van der Waals surface area contributed by atoms with E-state index in [0.29, 0.717) is 30.3 Å². The molecule has 8 heteroatoms. The maximum atomic E-state index is 9.94. The monoisotopic (exact) mass is 419 g/mol. The van der Waals surface area contributed by atoms with Crippen LogP contribution in [-0.4, -0.2) is 71.9 Å². The number of benzene rings is 1. The Morgan fingerprint density at radius 1 is 1.06 bits per heavy atom. The van der Waals surface area contributed by atoms with Crippen molar-refractivity contribution >= 4 is 28.0 Å². The van der Waals surface area contributed by atoms with Crippen molar-refractivity contribution in [3.8, 4) is 17.1 Å². The molecule has 1 aliphatic heterocycles. The van der Waals surface area contributed by atoms with Crippen LogP contribution in [0.2, 0.25) is 0 Å². The van der Waals surface area contributed by atoms with E-state index in [1.54, 1.807) is 18.2 Å². The van der Waals surface area contributed by atoms with E-state index in [2.05, 4.69) is 9.80 Å². The van der Waals surface area contributed by atoms with Crippen molar-refractivity contribution in [3.63, 3.8) is 0 Å². The summed E-state index contributed by atoms with van der Waals surface area (Å²) in [6, 6.07) is 11.1. The quantitative estimate of drug-likeness (QED) is 0.528. The van der Waals surface area contributed by atoms with Gasteiger partial charge in [0.1, 0.15) is 11.3 Å². The zero-order valence-corrected chi connectivity index (χ0v) is 17.7. The highest BCUT2D eigenvalue weighted by Crippen LogP contribution is 2.35. The number of ether oxygens (including phenoxy) is 1. The smallest absolute Gasteiger partial charge is 0.229 e. The Balaban J connectivity index is 1.68. The number of hydrogen-bond donors (Lipinski definition) is 1. The minimum atomic E-state index is 0.179. The number of morpholine rings is 1. The molecule has 31 heavy (non-hydrogen) atoms. The van der Waals surface area contributed by atoms with Crippen molar-refractivity contribution in [3.05, 3.63) is 42.1 Å². The minimum absolute atomic E-state index is 0.179. The third-order valence-electron chi connectivity index (χ3n) is 5.45. The van der Waals surface area contributed by atoms with Gasteiger partial charge in [-0.1, -0.05) is 12.1 Å². The van der Waals surface area contributed by atoms with Crippen LogP contribution in [0.15, 0.2) is 40.8 Å². The van der Waals surface area contributed by atoms with Crippen molar-refractivity contribution < 1.29 is 14.3 Å². The van der Waals surface area contributed by atoms with Gasteiger partial charge in [-0.2, -0.15) is 0 Å². The van der Waals surface area contributed by atoms with Crippen LogP contribution in [0.5, 0.6) is 5.75 Å². The lowest BCUT2D eigenvalue weighted by molar-refractivity contribution is 0.122. The molecule has 1 aliphatic rings. The van der Waals surface area contributed by atoms with Crippen LogP contribution in [0.4, 0.5) is 5.82 Å². The third kappa shape index (κ3) is 3.92. The molecular weight excluding hydrogens is 394 g/mol. The van der Waals surface area contributed by atoms with Crippen LogP contribution in [0, 0.1) is 0 Å². The summed E-state index contributed by atoms with van der Waals surface area (Å²) in [6.45, 7) is 3.65. The summed E-state index contributed by atoms with van der Waals surface area (Å²) in [4.78, 5) is 18.7. The van der Waals surface area contributed by atoms with Crippen LogP contribution >= 0.6 is 0 Å². The number of phenols is 1. The molecule has 0 saturated carbocycles. The number of aromatic nitrogens is 3. The molecule has 1 fully saturated rings. The number of aromatic hydroxyl groups is 1. The first-order valence-corrected chi connectivity index (χ1v) is 10.5. The summed E-state index contributed by atoms with van der Waals surface area (Å²) < 4.78 is 11.7. The average molecular weight is 419 g/mol. The normalized spacial score (nSPS) is 14.7. The first kappa shape index (κ1) is 19.7. The van der Waals surface area contributed by atoms with E-state index < -0.39 is 0 Å². The van der Waals surface area contributed by atoms with Gasteiger partial charge in [-0.3, -0.25) is 0 Å². The summed E-state index contributed by atoms with van der Waals surface area (Å²) in [6.07, 6.45) is 0.844. The molecule has 1 aromatic carbocycles. The largest absolute Gasteiger partial charge is 0.508 e. The van der Waals surface area contributed by atoms with Crippen molar-refractivity contribution in [2.24, 2.45) is 0 Å². The Morgan fingerprint density at radius 2 is 1.90 bits per heavy atom. The lowest BCUT2D eigenvalue weighted by Gasteiger charge is -2.27. The van der Waals surface area contributed by atoms with E-state index in [1.165, 1.54) is 0 Å². The van der Waals surface area contributed by atoms with E-state index in [4.69, 9.17) is 24.1 Å². The van der Waals surface area contributed by atoms with Gasteiger partial charge in [-0.05, 0) is 38.4 Å². The molecule has 8 nitrogen and oxygen atoms in total. The number of anilines is 1. The Morgan fingerprint density at radius 3 is 2.68 bits per heavy atom. The molecule has 0 bridgehead atoms. The number of furan rings is 1. The number of fused-ring (bicyclic) bond motifs is 3. The van der Waals surface area contributed by atoms with E-state index in [1.807, 2.05) is 32.3 Å². The Labute approximate surface area is 180 Å². The van der Waals surface area contributed by atoms with Crippen LogP contribution in [0.1, 0.15) is 5.69 Å². The Hall–Kier alpha value is -3.23. The second kappa shape index (κ2) is 8.13. The Kier molecular flexibility index (Phi) is 5.17. The SMILES string of the molecule is CN(C)CCc1ccc2c(n1)oc1c(N3CCOCC3)nc(-c3cccc(O)c3)nc12. The number of pyridine rings is 1. The topological polar surface area (TPSA) is 87.8 Å². The number of hydrogen-bond acceptors (Lipinski definition) is 8. The van der Waals surface area contributed by atoms with Gasteiger partial charge in [0, 0.05) is 37.3 Å². The lowest BCUT2D eigenvalue weighted by atomic mass is 10.2. The van der Waals surface area contributed by atoms with Gasteiger partial charge < -0.3 is 24.1 Å². The number of likely N-dealkylation sites (N-methyl/N-ethyl adjacent to an activating group) is 1. The van der Waals surface area contributed by atoms with Crippen molar-refractivity contribution in [2.75, 3.05) is 51.8 Å². The van der Waals surface area contributed by atoms with Gasteiger partial charge in [0.05, 0.1) is 18.6 Å². The average Bonchev–Trinajstić information content (AvgIpc) is 3.15.